The summed E-state index contributed by atoms with van der Waals surface area (Å²) < 4.78 is 0. The van der Waals surface area contributed by atoms with Crippen LogP contribution in [-0.4, -0.2) is 20.1 Å². The van der Waals surface area contributed by atoms with Gasteiger partial charge in [-0.2, -0.15) is 24.6 Å². The maximum absolute atomic E-state index is 4.19. The van der Waals surface area contributed by atoms with Gasteiger partial charge in [-0.1, -0.05) is 43.7 Å². The topological polar surface area (TPSA) is 50.1 Å². The molecule has 1 atom stereocenters. The van der Waals surface area contributed by atoms with Crippen molar-refractivity contribution in [2.45, 2.75) is 32.6 Å². The van der Waals surface area contributed by atoms with Crippen LogP contribution in [0.1, 0.15) is 49.3 Å². The van der Waals surface area contributed by atoms with E-state index in [-0.39, 0.29) is 59.1 Å². The minimum Gasteiger partial charge on any atom is -0.388 e. The molecule has 1 fully saturated rings. The van der Waals surface area contributed by atoms with Gasteiger partial charge in [-0.25, -0.2) is 0 Å². The summed E-state index contributed by atoms with van der Waals surface area (Å²) in [4.78, 5) is 0. The van der Waals surface area contributed by atoms with E-state index in [4.69, 9.17) is 0 Å². The number of anilines is 1. The summed E-state index contributed by atoms with van der Waals surface area (Å²) in [5, 5.41) is 10.8. The Morgan fingerprint density at radius 3 is 2.06 bits per heavy atom. The van der Waals surface area contributed by atoms with E-state index in [1.54, 1.807) is 0 Å². The number of thiol groups is 1. The Balaban J connectivity index is 0. The van der Waals surface area contributed by atoms with Crippen molar-refractivity contribution >= 4 is 18.5 Å². The minimum atomic E-state index is 0. The second kappa shape index (κ2) is 19.6. The van der Waals surface area contributed by atoms with Crippen molar-refractivity contribution in [2.24, 2.45) is 17.0 Å². The summed E-state index contributed by atoms with van der Waals surface area (Å²) in [5.74, 6) is 1.74. The predicted octanol–water partition coefficient (Wildman–Crippen LogP) is -0.332. The minimum absolute atomic E-state index is 0. The van der Waals surface area contributed by atoms with Crippen molar-refractivity contribution in [1.29, 1.82) is 0 Å². The molecule has 4 N–H and O–H groups in total. The molecule has 6 heteroatoms. The first kappa shape index (κ1) is 33.3. The maximum atomic E-state index is 4.19. The Hall–Kier alpha value is 0.120. The summed E-state index contributed by atoms with van der Waals surface area (Å²) in [7, 11) is 1.98. The number of hydrogen-bond donors (Lipinski definition) is 4. The predicted molar refractivity (Wildman–Crippen MR) is 133 cm³/mol. The summed E-state index contributed by atoms with van der Waals surface area (Å²) >= 11 is 3.03. The van der Waals surface area contributed by atoms with E-state index in [0.29, 0.717) is 11.8 Å². The van der Waals surface area contributed by atoms with Crippen molar-refractivity contribution in [1.82, 2.24) is 5.32 Å². The molecule has 31 heavy (non-hydrogen) atoms. The Kier molecular flexibility index (Phi) is 21.0. The Morgan fingerprint density at radius 1 is 1.06 bits per heavy atom. The molecule has 0 spiro atoms. The van der Waals surface area contributed by atoms with Crippen molar-refractivity contribution < 1.29 is 59.1 Å². The third-order valence-corrected chi connectivity index (χ3v) is 5.29. The van der Waals surface area contributed by atoms with Gasteiger partial charge in [0.05, 0.1) is 0 Å². The summed E-state index contributed by atoms with van der Waals surface area (Å²) in [5.41, 5.74) is 4.98. The molecule has 2 aromatic carbocycles. The first-order valence-corrected chi connectivity index (χ1v) is 10.9. The van der Waals surface area contributed by atoms with Crippen LogP contribution in [0.4, 0.5) is 5.69 Å². The molecule has 160 valence electrons. The van der Waals surface area contributed by atoms with E-state index < -0.39 is 0 Å². The number of hydrogen-bond acceptors (Lipinski definition) is 4. The van der Waals surface area contributed by atoms with Crippen LogP contribution in [0.15, 0.2) is 61.2 Å². The molecule has 3 rings (SSSR count). The van der Waals surface area contributed by atoms with Crippen LogP contribution >= 0.6 is 12.8 Å². The first-order chi connectivity index (χ1) is 14.1. The average Bonchev–Trinajstić information content (AvgIpc) is 2.78. The fraction of sp³-hybridized carbons (Fsp3) is 0.400. The first-order valence-electron chi connectivity index (χ1n) is 10.3. The molecule has 1 saturated heterocycles. The van der Waals surface area contributed by atoms with Crippen LogP contribution in [0.5, 0.6) is 0 Å². The van der Waals surface area contributed by atoms with Crippen molar-refractivity contribution in [3.8, 4) is 0 Å². The fourth-order valence-corrected chi connectivity index (χ4v) is 3.72. The van der Waals surface area contributed by atoms with Crippen molar-refractivity contribution in [3.05, 3.63) is 84.8 Å². The monoisotopic (exact) mass is 458 g/mol. The summed E-state index contributed by atoms with van der Waals surface area (Å²) in [6, 6.07) is 17.1. The standard InChI is InChI=1S/C18H22N.C7H13N.H3NS.2Na/c1-13(2)18(15-11-9-14(3)10-12-15)16-7-5-6-8-17(16)19-4;1-2-7-3-5-8-6-4-7;1-2;;/h5-13,18-19H,3H2,1-2,4H3;2,7-8H,1,3-6H2;2H,1H2;;/q-1;;;2*+1/t18-;;;;/m1..../s1. The van der Waals surface area contributed by atoms with Gasteiger partial charge in [0.2, 0.25) is 0 Å². The van der Waals surface area contributed by atoms with E-state index >= 15 is 0 Å². The number of rotatable bonds is 5. The van der Waals surface area contributed by atoms with Gasteiger partial charge in [0.1, 0.15) is 0 Å². The molecule has 0 aliphatic carbocycles. The van der Waals surface area contributed by atoms with Crippen LogP contribution < -0.4 is 74.9 Å². The zero-order chi connectivity index (χ0) is 21.6. The van der Waals surface area contributed by atoms with E-state index in [0.717, 1.165) is 11.5 Å². The average molecular weight is 459 g/mol. The summed E-state index contributed by atoms with van der Waals surface area (Å²) in [6.07, 6.45) is 4.63. The molecule has 1 heterocycles. The van der Waals surface area contributed by atoms with Gasteiger partial charge < -0.3 is 10.6 Å². The van der Waals surface area contributed by atoms with Gasteiger partial charge in [0, 0.05) is 18.7 Å². The van der Waals surface area contributed by atoms with Crippen molar-refractivity contribution in [3.63, 3.8) is 0 Å². The number of para-hydroxylation sites is 1. The molecule has 1 aliphatic heterocycles. The molecule has 0 radical (unpaired) electrons. The number of allylic oxidation sites excluding steroid dienone is 1. The van der Waals surface area contributed by atoms with Gasteiger partial charge in [0.15, 0.2) is 0 Å². The van der Waals surface area contributed by atoms with E-state index in [1.165, 1.54) is 42.7 Å². The van der Waals surface area contributed by atoms with Crippen molar-refractivity contribution in [2.75, 3.05) is 25.5 Å². The maximum Gasteiger partial charge on any atom is 1.00 e. The van der Waals surface area contributed by atoms with Crippen LogP contribution in [0.2, 0.25) is 0 Å². The number of piperidine rings is 1. The van der Waals surface area contributed by atoms with Gasteiger partial charge >= 0.3 is 59.1 Å². The van der Waals surface area contributed by atoms with E-state index in [9.17, 15) is 0 Å². The zero-order valence-electron chi connectivity index (χ0n) is 20.2. The molecule has 0 amide bonds. The van der Waals surface area contributed by atoms with E-state index in [2.05, 4.69) is 111 Å². The zero-order valence-corrected chi connectivity index (χ0v) is 25.1. The SMILES string of the molecule is C=CC1CCNCC1.NS.[CH2-]c1ccc([C@H](c2ccccc2NC)C(C)C)cc1.[Na+].[Na+]. The molecule has 3 nitrogen and oxygen atoms in total. The Bertz CT molecular complexity index is 702. The molecular weight excluding hydrogens is 420 g/mol. The molecular formula is C25H38N3Na2S+. The smallest absolute Gasteiger partial charge is 0.388 e. The molecule has 0 aromatic heterocycles. The Morgan fingerprint density at radius 2 is 1.61 bits per heavy atom. The molecule has 2 aromatic rings. The normalized spacial score (nSPS) is 13.7. The third-order valence-electron chi connectivity index (χ3n) is 5.29. The molecule has 0 saturated carbocycles. The second-order valence-electron chi connectivity index (χ2n) is 7.62. The molecule has 0 unspecified atom stereocenters. The largest absolute Gasteiger partial charge is 1.00 e. The van der Waals surface area contributed by atoms with Gasteiger partial charge in [0.25, 0.3) is 0 Å². The number of benzene rings is 2. The van der Waals surface area contributed by atoms with Gasteiger partial charge in [-0.05, 0) is 49.4 Å². The third kappa shape index (κ3) is 11.7. The number of nitrogens with two attached hydrogens (primary N) is 1. The summed E-state index contributed by atoms with van der Waals surface area (Å²) in [6.45, 7) is 14.6. The van der Waals surface area contributed by atoms with Crippen LogP contribution in [0.3, 0.4) is 0 Å². The van der Waals surface area contributed by atoms with Crippen LogP contribution in [-0.2, 0) is 0 Å². The van der Waals surface area contributed by atoms with Crippen LogP contribution in [0.25, 0.3) is 0 Å². The molecule has 1 aliphatic rings. The van der Waals surface area contributed by atoms with Gasteiger partial charge in [-0.15, -0.1) is 31.5 Å². The van der Waals surface area contributed by atoms with E-state index in [1.807, 2.05) is 7.05 Å². The fourth-order valence-electron chi connectivity index (χ4n) is 3.72. The molecule has 0 bridgehead atoms. The second-order valence-corrected chi connectivity index (χ2v) is 7.62. The quantitative estimate of drug-likeness (QED) is 0.215. The number of nitrogens with one attached hydrogen (secondary N) is 2. The van der Waals surface area contributed by atoms with Gasteiger partial charge in [-0.3, -0.25) is 5.14 Å². The Labute approximate surface area is 240 Å². The van der Waals surface area contributed by atoms with Crippen LogP contribution in [0, 0.1) is 18.8 Å².